The highest BCUT2D eigenvalue weighted by Crippen LogP contribution is 2.19. The molecule has 1 N–H and O–H groups in total. The van der Waals surface area contributed by atoms with E-state index in [-0.39, 0.29) is 23.9 Å². The van der Waals surface area contributed by atoms with Crippen LogP contribution in [0.3, 0.4) is 0 Å². The molecule has 1 saturated carbocycles. The quantitative estimate of drug-likeness (QED) is 0.831. The van der Waals surface area contributed by atoms with E-state index in [9.17, 15) is 9.59 Å². The third-order valence-electron chi connectivity index (χ3n) is 4.86. The lowest BCUT2D eigenvalue weighted by Crippen LogP contribution is -2.50. The molecule has 0 unspecified atom stereocenters. The second-order valence-corrected chi connectivity index (χ2v) is 6.77. The highest BCUT2D eigenvalue weighted by atomic mass is 16.2. The van der Waals surface area contributed by atoms with Gasteiger partial charge in [-0.25, -0.2) is 0 Å². The molecule has 0 spiro atoms. The molecule has 0 aromatic heterocycles. The Bertz CT molecular complexity index is 547. The third-order valence-corrected chi connectivity index (χ3v) is 4.86. The first-order chi connectivity index (χ1) is 11.5. The van der Waals surface area contributed by atoms with E-state index in [1.165, 1.54) is 18.4 Å². The van der Waals surface area contributed by atoms with Gasteiger partial charge in [0.25, 0.3) is 0 Å². The predicted molar refractivity (Wildman–Crippen MR) is 96.5 cm³/mol. The normalized spacial score (nSPS) is 16.0. The fourth-order valence-corrected chi connectivity index (χ4v) is 3.38. The van der Waals surface area contributed by atoms with Crippen molar-refractivity contribution in [1.82, 2.24) is 10.2 Å². The van der Waals surface area contributed by atoms with Crippen molar-refractivity contribution in [2.45, 2.75) is 77.9 Å². The molecule has 1 aromatic carbocycles. The van der Waals surface area contributed by atoms with Gasteiger partial charge in [-0.2, -0.15) is 0 Å². The van der Waals surface area contributed by atoms with Gasteiger partial charge in [0.1, 0.15) is 6.04 Å². The molecular weight excluding hydrogens is 300 g/mol. The molecular formula is C20H30N2O2. The zero-order chi connectivity index (χ0) is 17.5. The fraction of sp³-hybridized carbons (Fsp3) is 0.600. The standard InChI is InChI=1S/C20H30N2O2/c1-4-18(20(24)21-17-8-6-7-9-17)22(19(23)5-2)14-16-12-10-15(3)11-13-16/h10-13,17-18H,4-9,14H2,1-3H3,(H,21,24)/t18-/m1/s1. The molecule has 4 heteroatoms. The van der Waals surface area contributed by atoms with Crippen LogP contribution in [0, 0.1) is 6.92 Å². The molecule has 0 heterocycles. The Morgan fingerprint density at radius 2 is 1.79 bits per heavy atom. The number of carbonyl (C=O) groups is 2. The summed E-state index contributed by atoms with van der Waals surface area (Å²) in [4.78, 5) is 26.9. The molecule has 1 atom stereocenters. The fourth-order valence-electron chi connectivity index (χ4n) is 3.38. The van der Waals surface area contributed by atoms with Crippen LogP contribution in [-0.4, -0.2) is 28.8 Å². The SMILES string of the molecule is CCC(=O)N(Cc1ccc(C)cc1)[C@H](CC)C(=O)NC1CCCC1. The van der Waals surface area contributed by atoms with Crippen LogP contribution in [0.5, 0.6) is 0 Å². The summed E-state index contributed by atoms with van der Waals surface area (Å²) in [5.41, 5.74) is 2.26. The number of hydrogen-bond donors (Lipinski definition) is 1. The predicted octanol–water partition coefficient (Wildman–Crippen LogP) is 3.57. The van der Waals surface area contributed by atoms with Gasteiger partial charge in [0, 0.05) is 19.0 Å². The Morgan fingerprint density at radius 3 is 2.33 bits per heavy atom. The van der Waals surface area contributed by atoms with E-state index in [1.807, 2.05) is 45.0 Å². The van der Waals surface area contributed by atoms with Gasteiger partial charge in [-0.05, 0) is 31.7 Å². The summed E-state index contributed by atoms with van der Waals surface area (Å²) in [6.45, 7) is 6.36. The lowest BCUT2D eigenvalue weighted by Gasteiger charge is -2.31. The molecule has 1 aliphatic rings. The van der Waals surface area contributed by atoms with E-state index >= 15 is 0 Å². The lowest BCUT2D eigenvalue weighted by molar-refractivity contribution is -0.141. The maximum absolute atomic E-state index is 12.7. The Kier molecular flexibility index (Phi) is 6.83. The van der Waals surface area contributed by atoms with E-state index in [0.29, 0.717) is 19.4 Å². The number of aryl methyl sites for hydroxylation is 1. The number of nitrogens with one attached hydrogen (secondary N) is 1. The topological polar surface area (TPSA) is 49.4 Å². The summed E-state index contributed by atoms with van der Waals surface area (Å²) in [6, 6.07) is 8.05. The maximum Gasteiger partial charge on any atom is 0.243 e. The van der Waals surface area contributed by atoms with E-state index < -0.39 is 0 Å². The number of hydrogen-bond acceptors (Lipinski definition) is 2. The molecule has 1 aromatic rings. The van der Waals surface area contributed by atoms with Crippen LogP contribution in [0.1, 0.15) is 63.5 Å². The smallest absolute Gasteiger partial charge is 0.243 e. The average Bonchev–Trinajstić information content (AvgIpc) is 3.08. The summed E-state index contributed by atoms with van der Waals surface area (Å²) in [7, 11) is 0. The molecule has 24 heavy (non-hydrogen) atoms. The van der Waals surface area contributed by atoms with Crippen LogP contribution in [0.2, 0.25) is 0 Å². The van der Waals surface area contributed by atoms with Crippen molar-refractivity contribution in [3.05, 3.63) is 35.4 Å². The highest BCUT2D eigenvalue weighted by molar-refractivity contribution is 5.87. The van der Waals surface area contributed by atoms with E-state index in [1.54, 1.807) is 4.90 Å². The molecule has 4 nitrogen and oxygen atoms in total. The van der Waals surface area contributed by atoms with Gasteiger partial charge in [-0.15, -0.1) is 0 Å². The van der Waals surface area contributed by atoms with Crippen LogP contribution in [-0.2, 0) is 16.1 Å². The van der Waals surface area contributed by atoms with E-state index in [2.05, 4.69) is 5.32 Å². The average molecular weight is 330 g/mol. The van der Waals surface area contributed by atoms with E-state index in [4.69, 9.17) is 0 Å². The van der Waals surface area contributed by atoms with Crippen molar-refractivity contribution in [1.29, 1.82) is 0 Å². The minimum atomic E-state index is -0.389. The van der Waals surface area contributed by atoms with Crippen molar-refractivity contribution in [2.75, 3.05) is 0 Å². The van der Waals surface area contributed by atoms with Gasteiger partial charge < -0.3 is 10.2 Å². The molecule has 0 aliphatic heterocycles. The van der Waals surface area contributed by atoms with Crippen LogP contribution in [0.4, 0.5) is 0 Å². The van der Waals surface area contributed by atoms with E-state index in [0.717, 1.165) is 18.4 Å². The number of rotatable bonds is 7. The molecule has 0 radical (unpaired) electrons. The van der Waals surface area contributed by atoms with Crippen LogP contribution in [0.25, 0.3) is 0 Å². The first kappa shape index (κ1) is 18.5. The second-order valence-electron chi connectivity index (χ2n) is 6.77. The number of nitrogens with zero attached hydrogens (tertiary/aromatic N) is 1. The van der Waals surface area contributed by atoms with Gasteiger partial charge in [-0.1, -0.05) is 56.5 Å². The van der Waals surface area contributed by atoms with Crippen molar-refractivity contribution < 1.29 is 9.59 Å². The molecule has 2 amide bonds. The van der Waals surface area contributed by atoms with Crippen molar-refractivity contribution in [2.24, 2.45) is 0 Å². The first-order valence-corrected chi connectivity index (χ1v) is 9.20. The minimum absolute atomic E-state index is 0.00156. The van der Waals surface area contributed by atoms with Crippen molar-refractivity contribution in [3.63, 3.8) is 0 Å². The Balaban J connectivity index is 2.11. The summed E-state index contributed by atoms with van der Waals surface area (Å²) in [5, 5.41) is 3.15. The zero-order valence-corrected chi connectivity index (χ0v) is 15.2. The van der Waals surface area contributed by atoms with Crippen LogP contribution >= 0.6 is 0 Å². The first-order valence-electron chi connectivity index (χ1n) is 9.20. The van der Waals surface area contributed by atoms with Gasteiger partial charge in [0.15, 0.2) is 0 Å². The van der Waals surface area contributed by atoms with Crippen LogP contribution < -0.4 is 5.32 Å². The van der Waals surface area contributed by atoms with Gasteiger partial charge in [-0.3, -0.25) is 9.59 Å². The monoisotopic (exact) mass is 330 g/mol. The highest BCUT2D eigenvalue weighted by Gasteiger charge is 2.29. The number of carbonyl (C=O) groups excluding carboxylic acids is 2. The Labute approximate surface area is 145 Å². The number of benzene rings is 1. The number of amides is 2. The summed E-state index contributed by atoms with van der Waals surface area (Å²) < 4.78 is 0. The van der Waals surface area contributed by atoms with Gasteiger partial charge in [0.05, 0.1) is 0 Å². The Morgan fingerprint density at radius 1 is 1.17 bits per heavy atom. The van der Waals surface area contributed by atoms with Crippen molar-refractivity contribution in [3.8, 4) is 0 Å². The lowest BCUT2D eigenvalue weighted by atomic mass is 10.1. The summed E-state index contributed by atoms with van der Waals surface area (Å²) in [6.07, 6.45) is 5.53. The summed E-state index contributed by atoms with van der Waals surface area (Å²) in [5.74, 6) is 0.0299. The Hall–Kier alpha value is -1.84. The van der Waals surface area contributed by atoms with Crippen LogP contribution in [0.15, 0.2) is 24.3 Å². The molecule has 1 aliphatic carbocycles. The van der Waals surface area contributed by atoms with Crippen molar-refractivity contribution >= 4 is 11.8 Å². The molecule has 0 bridgehead atoms. The second kappa shape index (κ2) is 8.86. The molecule has 0 saturated heterocycles. The largest absolute Gasteiger partial charge is 0.352 e. The van der Waals surface area contributed by atoms with Gasteiger partial charge >= 0.3 is 0 Å². The summed E-state index contributed by atoms with van der Waals surface area (Å²) >= 11 is 0. The molecule has 132 valence electrons. The molecule has 2 rings (SSSR count). The van der Waals surface area contributed by atoms with Gasteiger partial charge in [0.2, 0.25) is 11.8 Å². The maximum atomic E-state index is 12.7. The minimum Gasteiger partial charge on any atom is -0.352 e. The molecule has 1 fully saturated rings. The third kappa shape index (κ3) is 4.83. The zero-order valence-electron chi connectivity index (χ0n) is 15.2.